The van der Waals surface area contributed by atoms with Crippen molar-refractivity contribution in [2.24, 2.45) is 0 Å². The Hall–Kier alpha value is -1.94. The van der Waals surface area contributed by atoms with E-state index in [0.717, 1.165) is 11.3 Å². The van der Waals surface area contributed by atoms with Crippen molar-refractivity contribution in [2.75, 3.05) is 0 Å². The summed E-state index contributed by atoms with van der Waals surface area (Å²) in [6.07, 6.45) is 1.69. The summed E-state index contributed by atoms with van der Waals surface area (Å²) in [5, 5.41) is 4.55. The lowest BCUT2D eigenvalue weighted by Crippen LogP contribution is -1.94. The maximum absolute atomic E-state index is 12.8. The van der Waals surface area contributed by atoms with E-state index in [1.807, 2.05) is 0 Å². The lowest BCUT2D eigenvalue weighted by Gasteiger charge is -2.00. The minimum atomic E-state index is -0.270. The molecule has 0 spiro atoms. The first-order chi connectivity index (χ1) is 8.24. The van der Waals surface area contributed by atoms with Gasteiger partial charge in [-0.1, -0.05) is 11.6 Å². The van der Waals surface area contributed by atoms with Crippen LogP contribution in [-0.4, -0.2) is 14.6 Å². The Balaban J connectivity index is 2.23. The highest BCUT2D eigenvalue weighted by Crippen LogP contribution is 2.20. The highest BCUT2D eigenvalue weighted by molar-refractivity contribution is 6.29. The number of hydrogen-bond donors (Lipinski definition) is 0. The average molecular weight is 248 g/mol. The molecule has 0 unspecified atom stereocenters. The van der Waals surface area contributed by atoms with Gasteiger partial charge in [0.2, 0.25) is 0 Å². The molecule has 5 heteroatoms. The van der Waals surface area contributed by atoms with Gasteiger partial charge < -0.3 is 0 Å². The topological polar surface area (TPSA) is 30.2 Å². The number of halogens is 2. The Bertz CT molecular complexity index is 676. The Kier molecular flexibility index (Phi) is 2.30. The molecule has 0 saturated heterocycles. The summed E-state index contributed by atoms with van der Waals surface area (Å²) >= 11 is 5.84. The number of nitrogens with zero attached hydrogens (tertiary/aromatic N) is 3. The molecule has 0 N–H and O–H groups in total. The molecule has 1 aromatic carbocycles. The van der Waals surface area contributed by atoms with Gasteiger partial charge in [-0.2, -0.15) is 5.10 Å². The van der Waals surface area contributed by atoms with Gasteiger partial charge in [-0.25, -0.2) is 13.9 Å². The van der Waals surface area contributed by atoms with E-state index >= 15 is 0 Å². The van der Waals surface area contributed by atoms with Gasteiger partial charge >= 0.3 is 0 Å². The van der Waals surface area contributed by atoms with Crippen LogP contribution in [0.3, 0.4) is 0 Å². The van der Waals surface area contributed by atoms with Gasteiger partial charge in [0, 0.05) is 5.56 Å². The first kappa shape index (κ1) is 10.2. The minimum Gasteiger partial charge on any atom is -0.235 e. The summed E-state index contributed by atoms with van der Waals surface area (Å²) in [6, 6.07) is 9.63. The van der Waals surface area contributed by atoms with E-state index in [4.69, 9.17) is 11.6 Å². The van der Waals surface area contributed by atoms with E-state index in [-0.39, 0.29) is 5.82 Å². The van der Waals surface area contributed by atoms with E-state index < -0.39 is 0 Å². The molecular weight excluding hydrogens is 241 g/mol. The van der Waals surface area contributed by atoms with E-state index in [1.54, 1.807) is 35.0 Å². The van der Waals surface area contributed by atoms with Gasteiger partial charge in [-0.05, 0) is 36.4 Å². The SMILES string of the molecule is Fc1ccc(-c2cnc3ccc(Cl)nn23)cc1. The molecule has 0 radical (unpaired) electrons. The fourth-order valence-corrected chi connectivity index (χ4v) is 1.81. The predicted molar refractivity (Wildman–Crippen MR) is 63.4 cm³/mol. The molecule has 3 nitrogen and oxygen atoms in total. The second-order valence-corrected chi connectivity index (χ2v) is 3.96. The van der Waals surface area contributed by atoms with E-state index in [0.29, 0.717) is 10.8 Å². The van der Waals surface area contributed by atoms with Crippen LogP contribution in [0, 0.1) is 5.82 Å². The molecule has 84 valence electrons. The van der Waals surface area contributed by atoms with E-state index in [1.165, 1.54) is 12.1 Å². The van der Waals surface area contributed by atoms with Gasteiger partial charge in [0.05, 0.1) is 11.9 Å². The van der Waals surface area contributed by atoms with Crippen LogP contribution in [0.15, 0.2) is 42.6 Å². The molecule has 0 bridgehead atoms. The zero-order valence-electron chi connectivity index (χ0n) is 8.64. The molecule has 0 fully saturated rings. The fourth-order valence-electron chi connectivity index (χ4n) is 1.67. The molecule has 17 heavy (non-hydrogen) atoms. The third-order valence-electron chi connectivity index (χ3n) is 2.47. The molecule has 0 aliphatic carbocycles. The number of fused-ring (bicyclic) bond motifs is 1. The Morgan fingerprint density at radius 1 is 1.06 bits per heavy atom. The molecule has 0 aliphatic heterocycles. The van der Waals surface area contributed by atoms with Crippen molar-refractivity contribution in [2.45, 2.75) is 0 Å². The summed E-state index contributed by atoms with van der Waals surface area (Å²) in [5.41, 5.74) is 2.32. The monoisotopic (exact) mass is 247 g/mol. The number of imidazole rings is 1. The lowest BCUT2D eigenvalue weighted by molar-refractivity contribution is 0.628. The van der Waals surface area contributed by atoms with Crippen LogP contribution in [-0.2, 0) is 0 Å². The first-order valence-corrected chi connectivity index (χ1v) is 5.38. The van der Waals surface area contributed by atoms with Crippen LogP contribution in [0.4, 0.5) is 4.39 Å². The minimum absolute atomic E-state index is 0.270. The molecule has 2 aromatic heterocycles. The zero-order valence-corrected chi connectivity index (χ0v) is 9.39. The summed E-state index contributed by atoms with van der Waals surface area (Å²) in [6.45, 7) is 0. The standard InChI is InChI=1S/C12H7ClFN3/c13-11-5-6-12-15-7-10(17(12)16-11)8-1-3-9(14)4-2-8/h1-7H. The summed E-state index contributed by atoms with van der Waals surface area (Å²) < 4.78 is 14.5. The second kappa shape index (κ2) is 3.82. The van der Waals surface area contributed by atoms with Crippen molar-refractivity contribution in [1.82, 2.24) is 14.6 Å². The predicted octanol–water partition coefficient (Wildman–Crippen LogP) is 3.19. The third kappa shape index (κ3) is 1.76. The lowest BCUT2D eigenvalue weighted by atomic mass is 10.2. The van der Waals surface area contributed by atoms with E-state index in [2.05, 4.69) is 10.1 Å². The Morgan fingerprint density at radius 3 is 2.59 bits per heavy atom. The van der Waals surface area contributed by atoms with Crippen LogP contribution >= 0.6 is 11.6 Å². The Labute approximate surface area is 101 Å². The molecule has 3 aromatic rings. The van der Waals surface area contributed by atoms with Crippen molar-refractivity contribution < 1.29 is 4.39 Å². The van der Waals surface area contributed by atoms with Gasteiger partial charge in [-0.3, -0.25) is 0 Å². The van der Waals surface area contributed by atoms with Crippen molar-refractivity contribution in [3.05, 3.63) is 53.6 Å². The molecular formula is C12H7ClFN3. The summed E-state index contributed by atoms with van der Waals surface area (Å²) in [4.78, 5) is 4.21. The first-order valence-electron chi connectivity index (χ1n) is 5.00. The molecule has 0 atom stereocenters. The maximum atomic E-state index is 12.8. The van der Waals surface area contributed by atoms with Crippen LogP contribution in [0.5, 0.6) is 0 Å². The van der Waals surface area contributed by atoms with Gasteiger partial charge in [0.25, 0.3) is 0 Å². The van der Waals surface area contributed by atoms with Gasteiger partial charge in [0.1, 0.15) is 11.0 Å². The zero-order chi connectivity index (χ0) is 11.8. The second-order valence-electron chi connectivity index (χ2n) is 3.58. The highest BCUT2D eigenvalue weighted by Gasteiger charge is 2.07. The van der Waals surface area contributed by atoms with Gasteiger partial charge in [0.15, 0.2) is 5.65 Å². The fraction of sp³-hybridized carbons (Fsp3) is 0. The molecule has 3 rings (SSSR count). The van der Waals surface area contributed by atoms with Crippen LogP contribution < -0.4 is 0 Å². The van der Waals surface area contributed by atoms with E-state index in [9.17, 15) is 4.39 Å². The van der Waals surface area contributed by atoms with Crippen molar-refractivity contribution >= 4 is 17.2 Å². The van der Waals surface area contributed by atoms with Crippen LogP contribution in [0.2, 0.25) is 5.15 Å². The van der Waals surface area contributed by atoms with Crippen molar-refractivity contribution in [3.63, 3.8) is 0 Å². The number of benzene rings is 1. The largest absolute Gasteiger partial charge is 0.235 e. The normalized spacial score (nSPS) is 10.9. The van der Waals surface area contributed by atoms with Crippen LogP contribution in [0.25, 0.3) is 16.9 Å². The summed E-state index contributed by atoms with van der Waals surface area (Å²) in [7, 11) is 0. The number of hydrogen-bond acceptors (Lipinski definition) is 2. The summed E-state index contributed by atoms with van der Waals surface area (Å²) in [5.74, 6) is -0.270. The van der Waals surface area contributed by atoms with Crippen molar-refractivity contribution in [1.29, 1.82) is 0 Å². The average Bonchev–Trinajstić information content (AvgIpc) is 2.73. The Morgan fingerprint density at radius 2 is 1.82 bits per heavy atom. The smallest absolute Gasteiger partial charge is 0.154 e. The number of aromatic nitrogens is 3. The van der Waals surface area contributed by atoms with Crippen molar-refractivity contribution in [3.8, 4) is 11.3 Å². The van der Waals surface area contributed by atoms with Gasteiger partial charge in [-0.15, -0.1) is 0 Å². The maximum Gasteiger partial charge on any atom is 0.154 e. The molecule has 2 heterocycles. The van der Waals surface area contributed by atoms with Crippen LogP contribution in [0.1, 0.15) is 0 Å². The molecule has 0 aliphatic rings. The quantitative estimate of drug-likeness (QED) is 0.661. The molecule has 0 amide bonds. The molecule has 0 saturated carbocycles. The highest BCUT2D eigenvalue weighted by atomic mass is 35.5. The number of rotatable bonds is 1. The third-order valence-corrected chi connectivity index (χ3v) is 2.67.